The average molecular weight is 355 g/mol. The normalized spacial score (nSPS) is 13.9. The number of allylic oxidation sites excluding steroid dienone is 3. The molecule has 0 heterocycles. The summed E-state index contributed by atoms with van der Waals surface area (Å²) in [5.74, 6) is -0.190. The number of nitrogens with zero attached hydrogens (tertiary/aromatic N) is 3. The van der Waals surface area contributed by atoms with Crippen LogP contribution in [0.15, 0.2) is 59.7 Å². The molecule has 27 heavy (non-hydrogen) atoms. The Kier molecular flexibility index (Phi) is 5.17. The molecular formula is C22H17N3O2. The van der Waals surface area contributed by atoms with Crippen molar-refractivity contribution in [3.05, 3.63) is 76.4 Å². The fraction of sp³-hybridized carbons (Fsp3) is 0.136. The van der Waals surface area contributed by atoms with Crippen LogP contribution in [0.25, 0.3) is 11.6 Å². The monoisotopic (exact) mass is 355 g/mol. The van der Waals surface area contributed by atoms with Crippen LogP contribution in [0.3, 0.4) is 0 Å². The van der Waals surface area contributed by atoms with Crippen LogP contribution in [0, 0.1) is 22.7 Å². The van der Waals surface area contributed by atoms with Gasteiger partial charge >= 0.3 is 0 Å². The lowest BCUT2D eigenvalue weighted by Gasteiger charge is -2.17. The van der Waals surface area contributed by atoms with Crippen LogP contribution in [0.2, 0.25) is 0 Å². The summed E-state index contributed by atoms with van der Waals surface area (Å²) >= 11 is 0. The standard InChI is InChI=1S/C22H17N3O2/c1-25(10-11-26)17-8-6-15(7-9-17)12-20-21(16(13-23)14-24)18-4-2-3-5-19(18)22(20)27/h2-9,12,26H,10-11H2,1H3/b20-12+. The number of Topliss-reactive ketones (excluding diaryl/α,β-unsaturated/α-hetero) is 1. The van der Waals surface area contributed by atoms with Crippen LogP contribution < -0.4 is 4.90 Å². The highest BCUT2D eigenvalue weighted by atomic mass is 16.3. The fourth-order valence-electron chi connectivity index (χ4n) is 3.12. The number of nitriles is 2. The van der Waals surface area contributed by atoms with Gasteiger partial charge in [0.15, 0.2) is 5.78 Å². The second-order valence-corrected chi connectivity index (χ2v) is 6.14. The molecule has 0 fully saturated rings. The summed E-state index contributed by atoms with van der Waals surface area (Å²) in [4.78, 5) is 14.8. The van der Waals surface area contributed by atoms with Gasteiger partial charge in [-0.25, -0.2) is 0 Å². The molecule has 0 saturated heterocycles. The number of aliphatic hydroxyl groups is 1. The first-order valence-corrected chi connectivity index (χ1v) is 8.43. The molecule has 1 N–H and O–H groups in total. The van der Waals surface area contributed by atoms with Gasteiger partial charge in [0.1, 0.15) is 17.7 Å². The van der Waals surface area contributed by atoms with Gasteiger partial charge in [-0.1, -0.05) is 36.4 Å². The van der Waals surface area contributed by atoms with Gasteiger partial charge in [0.2, 0.25) is 0 Å². The molecule has 0 aromatic heterocycles. The van der Waals surface area contributed by atoms with Crippen LogP contribution in [0.1, 0.15) is 21.5 Å². The third-order valence-electron chi connectivity index (χ3n) is 4.51. The summed E-state index contributed by atoms with van der Waals surface area (Å²) < 4.78 is 0. The summed E-state index contributed by atoms with van der Waals surface area (Å²) in [6.45, 7) is 0.586. The second kappa shape index (κ2) is 7.70. The summed E-state index contributed by atoms with van der Waals surface area (Å²) in [6, 6.07) is 18.3. The van der Waals surface area contributed by atoms with E-state index in [0.717, 1.165) is 11.3 Å². The van der Waals surface area contributed by atoms with E-state index in [4.69, 9.17) is 5.11 Å². The molecule has 0 unspecified atom stereocenters. The number of fused-ring (bicyclic) bond motifs is 1. The van der Waals surface area contributed by atoms with Crippen molar-refractivity contribution in [2.75, 3.05) is 25.1 Å². The minimum absolute atomic E-state index is 0.0638. The number of aliphatic hydroxyl groups excluding tert-OH is 1. The lowest BCUT2D eigenvalue weighted by Crippen LogP contribution is -2.20. The van der Waals surface area contributed by atoms with Crippen molar-refractivity contribution < 1.29 is 9.90 Å². The molecule has 0 spiro atoms. The van der Waals surface area contributed by atoms with Crippen LogP contribution in [0.4, 0.5) is 5.69 Å². The number of rotatable bonds is 4. The van der Waals surface area contributed by atoms with E-state index < -0.39 is 0 Å². The number of carbonyl (C=O) groups excluding carboxylic acids is 1. The minimum atomic E-state index is -0.190. The minimum Gasteiger partial charge on any atom is -0.395 e. The van der Waals surface area contributed by atoms with E-state index in [1.807, 2.05) is 48.4 Å². The predicted molar refractivity (Wildman–Crippen MR) is 104 cm³/mol. The first-order valence-electron chi connectivity index (χ1n) is 8.43. The van der Waals surface area contributed by atoms with Crippen LogP contribution in [-0.4, -0.2) is 31.1 Å². The average Bonchev–Trinajstić information content (AvgIpc) is 2.96. The van der Waals surface area contributed by atoms with Crippen molar-refractivity contribution in [3.63, 3.8) is 0 Å². The summed E-state index contributed by atoms with van der Waals surface area (Å²) in [7, 11) is 1.88. The van der Waals surface area contributed by atoms with E-state index in [2.05, 4.69) is 0 Å². The van der Waals surface area contributed by atoms with Gasteiger partial charge in [-0.15, -0.1) is 0 Å². The van der Waals surface area contributed by atoms with Gasteiger partial charge in [-0.2, -0.15) is 10.5 Å². The second-order valence-electron chi connectivity index (χ2n) is 6.14. The SMILES string of the molecule is CN(CCO)c1ccc(/C=C2/C(=O)c3ccccc3C2=C(C#N)C#N)cc1. The highest BCUT2D eigenvalue weighted by Gasteiger charge is 2.32. The molecule has 2 aromatic carbocycles. The van der Waals surface area contributed by atoms with Crippen LogP contribution in [0.5, 0.6) is 0 Å². The molecule has 0 aliphatic heterocycles. The molecule has 0 radical (unpaired) electrons. The molecule has 132 valence electrons. The molecule has 5 nitrogen and oxygen atoms in total. The van der Waals surface area contributed by atoms with Crippen molar-refractivity contribution >= 4 is 23.1 Å². The molecule has 1 aliphatic rings. The molecule has 2 aromatic rings. The molecule has 5 heteroatoms. The molecule has 0 atom stereocenters. The van der Waals surface area contributed by atoms with Crippen molar-refractivity contribution in [2.24, 2.45) is 0 Å². The van der Waals surface area contributed by atoms with Gasteiger partial charge in [0, 0.05) is 36.0 Å². The maximum atomic E-state index is 12.9. The molecule has 0 bridgehead atoms. The quantitative estimate of drug-likeness (QED) is 0.672. The summed E-state index contributed by atoms with van der Waals surface area (Å²) in [5, 5.41) is 27.7. The van der Waals surface area contributed by atoms with E-state index in [9.17, 15) is 15.3 Å². The topological polar surface area (TPSA) is 88.1 Å². The van der Waals surface area contributed by atoms with E-state index >= 15 is 0 Å². The highest BCUT2D eigenvalue weighted by molar-refractivity contribution is 6.29. The first kappa shape index (κ1) is 18.1. The summed E-state index contributed by atoms with van der Waals surface area (Å²) in [6.07, 6.45) is 1.71. The third-order valence-corrected chi connectivity index (χ3v) is 4.51. The summed E-state index contributed by atoms with van der Waals surface area (Å²) in [5.41, 5.74) is 3.52. The lowest BCUT2D eigenvalue weighted by atomic mass is 9.98. The van der Waals surface area contributed by atoms with Crippen LogP contribution >= 0.6 is 0 Å². The van der Waals surface area contributed by atoms with Gasteiger partial charge in [0.05, 0.1) is 6.61 Å². The Morgan fingerprint density at radius 2 is 1.70 bits per heavy atom. The number of carbonyl (C=O) groups is 1. The van der Waals surface area contributed by atoms with E-state index in [-0.39, 0.29) is 18.0 Å². The van der Waals surface area contributed by atoms with E-state index in [1.165, 1.54) is 0 Å². The fourth-order valence-corrected chi connectivity index (χ4v) is 3.12. The van der Waals surface area contributed by atoms with Gasteiger partial charge in [0.25, 0.3) is 0 Å². The zero-order valence-electron chi connectivity index (χ0n) is 14.8. The first-order chi connectivity index (χ1) is 13.1. The highest BCUT2D eigenvalue weighted by Crippen LogP contribution is 2.39. The van der Waals surface area contributed by atoms with E-state index in [0.29, 0.717) is 28.8 Å². The number of anilines is 1. The van der Waals surface area contributed by atoms with Gasteiger partial charge in [-0.05, 0) is 29.3 Å². The van der Waals surface area contributed by atoms with Gasteiger partial charge < -0.3 is 10.0 Å². The zero-order valence-corrected chi connectivity index (χ0v) is 14.8. The maximum absolute atomic E-state index is 12.9. The van der Waals surface area contributed by atoms with Gasteiger partial charge in [-0.3, -0.25) is 4.79 Å². The Bertz CT molecular complexity index is 1020. The molecule has 0 amide bonds. The number of ketones is 1. The Morgan fingerprint density at radius 1 is 1.07 bits per heavy atom. The number of likely N-dealkylation sites (N-methyl/N-ethyl adjacent to an activating group) is 1. The lowest BCUT2D eigenvalue weighted by molar-refractivity contribution is 0.104. The Morgan fingerprint density at radius 3 is 2.30 bits per heavy atom. The van der Waals surface area contributed by atoms with E-state index in [1.54, 1.807) is 30.3 Å². The predicted octanol–water partition coefficient (Wildman–Crippen LogP) is 3.20. The molecular weight excluding hydrogens is 338 g/mol. The zero-order chi connectivity index (χ0) is 19.4. The maximum Gasteiger partial charge on any atom is 0.194 e. The third kappa shape index (κ3) is 3.37. The molecule has 3 rings (SSSR count). The largest absolute Gasteiger partial charge is 0.395 e. The van der Waals surface area contributed by atoms with Crippen LogP contribution in [-0.2, 0) is 0 Å². The Balaban J connectivity index is 2.08. The molecule has 1 aliphatic carbocycles. The van der Waals surface area contributed by atoms with Crippen molar-refractivity contribution in [1.82, 2.24) is 0 Å². The number of hydrogen-bond acceptors (Lipinski definition) is 5. The van der Waals surface area contributed by atoms with Crippen molar-refractivity contribution in [1.29, 1.82) is 10.5 Å². The van der Waals surface area contributed by atoms with Crippen molar-refractivity contribution in [2.45, 2.75) is 0 Å². The molecule has 0 saturated carbocycles. The Hall–Kier alpha value is -3.67. The van der Waals surface area contributed by atoms with Crippen molar-refractivity contribution in [3.8, 4) is 12.1 Å². The smallest absolute Gasteiger partial charge is 0.194 e. The number of hydrogen-bond donors (Lipinski definition) is 1. The Labute approximate surface area is 157 Å². The number of benzene rings is 2.